The van der Waals surface area contributed by atoms with Gasteiger partial charge in [-0.3, -0.25) is 15.4 Å². The summed E-state index contributed by atoms with van der Waals surface area (Å²) in [4.78, 5) is 12.2. The van der Waals surface area contributed by atoms with Gasteiger partial charge in [0.15, 0.2) is 5.96 Å². The predicted molar refractivity (Wildman–Crippen MR) is 134 cm³/mol. The number of benzene rings is 3. The molecular weight excluding hydrogens is 469 g/mol. The molecule has 1 fully saturated rings. The molecule has 0 radical (unpaired) electrons. The van der Waals surface area contributed by atoms with Crippen molar-refractivity contribution in [1.82, 2.24) is 4.90 Å². The molecule has 10 nitrogen and oxygen atoms in total. The van der Waals surface area contributed by atoms with Crippen molar-refractivity contribution in [1.29, 1.82) is 10.8 Å². The number of fused-ring (bicyclic) bond motifs is 1. The lowest BCUT2D eigenvalue weighted by Gasteiger charge is -2.23. The molecule has 1 saturated heterocycles. The molecule has 1 aliphatic rings. The number of rotatable bonds is 8. The molecule has 11 heteroatoms. The number of likely N-dealkylation sites (tertiary alicyclic amines) is 1. The van der Waals surface area contributed by atoms with Gasteiger partial charge in [0.05, 0.1) is 6.54 Å². The Morgan fingerprint density at radius 3 is 2.37 bits per heavy atom. The molecule has 3 aromatic carbocycles. The Morgan fingerprint density at radius 1 is 1.06 bits per heavy atom. The lowest BCUT2D eigenvalue weighted by atomic mass is 10.1. The summed E-state index contributed by atoms with van der Waals surface area (Å²) in [5.41, 5.74) is 12.1. The average Bonchev–Trinajstić information content (AvgIpc) is 3.31. The van der Waals surface area contributed by atoms with E-state index < -0.39 is 13.4 Å². The summed E-state index contributed by atoms with van der Waals surface area (Å²) >= 11 is 0. The van der Waals surface area contributed by atoms with Gasteiger partial charge in [0.1, 0.15) is 23.4 Å². The molecule has 3 unspecified atom stereocenters. The Bertz CT molecular complexity index is 1300. The van der Waals surface area contributed by atoms with Gasteiger partial charge in [-0.15, -0.1) is 0 Å². The fourth-order valence-electron chi connectivity index (χ4n) is 3.96. The van der Waals surface area contributed by atoms with Crippen LogP contribution in [0.5, 0.6) is 11.5 Å². The summed E-state index contributed by atoms with van der Waals surface area (Å²) in [5.74, 6) is -0.337. The van der Waals surface area contributed by atoms with Gasteiger partial charge in [-0.25, -0.2) is 0 Å². The molecule has 0 aliphatic carbocycles. The average molecular weight is 497 g/mol. The van der Waals surface area contributed by atoms with Crippen LogP contribution in [0.2, 0.25) is 0 Å². The van der Waals surface area contributed by atoms with Crippen LogP contribution in [0.4, 0.5) is 0 Å². The van der Waals surface area contributed by atoms with Crippen molar-refractivity contribution in [3.05, 3.63) is 71.8 Å². The normalized spacial score (nSPS) is 18.1. The summed E-state index contributed by atoms with van der Waals surface area (Å²) in [5, 5.41) is 16.9. The topological polar surface area (TPSA) is 168 Å². The van der Waals surface area contributed by atoms with E-state index in [-0.39, 0.29) is 17.9 Å². The minimum atomic E-state index is -4.18. The maximum Gasteiger partial charge on any atom is 0.372 e. The number of hydrogen-bond acceptors (Lipinski definition) is 6. The van der Waals surface area contributed by atoms with Crippen molar-refractivity contribution >= 4 is 30.2 Å². The first-order chi connectivity index (χ1) is 16.7. The lowest BCUT2D eigenvalue weighted by molar-refractivity contribution is 0.207. The highest BCUT2D eigenvalue weighted by atomic mass is 31.2. The smallest absolute Gasteiger partial charge is 0.372 e. The first-order valence-corrected chi connectivity index (χ1v) is 12.6. The third-order valence-corrected chi connectivity index (χ3v) is 7.40. The van der Waals surface area contributed by atoms with E-state index in [2.05, 4.69) is 0 Å². The van der Waals surface area contributed by atoms with Gasteiger partial charge in [0, 0.05) is 31.2 Å². The Kier molecular flexibility index (Phi) is 6.98. The number of nitrogen functional groups attached to an aromatic ring is 1. The van der Waals surface area contributed by atoms with E-state index >= 15 is 0 Å². The zero-order valence-corrected chi connectivity index (χ0v) is 20.1. The number of hydrogen-bond donors (Lipinski definition) is 5. The van der Waals surface area contributed by atoms with Crippen LogP contribution in [0, 0.1) is 10.8 Å². The molecule has 0 amide bonds. The summed E-state index contributed by atoms with van der Waals surface area (Å²) in [6.45, 7) is 1.20. The maximum atomic E-state index is 12.9. The largest absolute Gasteiger partial charge is 0.489 e. The number of amidine groups is 1. The zero-order valence-electron chi connectivity index (χ0n) is 19.2. The summed E-state index contributed by atoms with van der Waals surface area (Å²) in [6, 6.07) is 17.4. The Morgan fingerprint density at radius 2 is 1.74 bits per heavy atom. The minimum Gasteiger partial charge on any atom is -0.489 e. The molecule has 7 N–H and O–H groups in total. The van der Waals surface area contributed by atoms with Gasteiger partial charge in [-0.2, -0.15) is 0 Å². The van der Waals surface area contributed by atoms with E-state index in [9.17, 15) is 9.46 Å². The van der Waals surface area contributed by atoms with Crippen LogP contribution in [-0.2, 0) is 9.09 Å². The van der Waals surface area contributed by atoms with Crippen molar-refractivity contribution < 1.29 is 23.5 Å². The monoisotopic (exact) mass is 497 g/mol. The van der Waals surface area contributed by atoms with Crippen LogP contribution in [0.1, 0.15) is 23.4 Å². The van der Waals surface area contributed by atoms with Crippen molar-refractivity contribution in [3.8, 4) is 11.5 Å². The second-order valence-electron chi connectivity index (χ2n) is 8.28. The van der Waals surface area contributed by atoms with Crippen LogP contribution in [0.15, 0.2) is 60.7 Å². The number of guanidine groups is 1. The third kappa shape index (κ3) is 5.57. The molecular formula is C24H28N5O5P. The van der Waals surface area contributed by atoms with Crippen molar-refractivity contribution in [2.45, 2.75) is 18.4 Å². The van der Waals surface area contributed by atoms with Gasteiger partial charge in [0.2, 0.25) is 5.85 Å². The van der Waals surface area contributed by atoms with Crippen molar-refractivity contribution in [3.63, 3.8) is 0 Å². The molecule has 0 spiro atoms. The molecule has 3 atom stereocenters. The number of nitrogens with zero attached hydrogens (tertiary/aromatic N) is 1. The highest BCUT2D eigenvalue weighted by Gasteiger charge is 2.35. The first-order valence-electron chi connectivity index (χ1n) is 10.9. The molecule has 1 aliphatic heterocycles. The third-order valence-electron chi connectivity index (χ3n) is 5.88. The fraction of sp³-hybridized carbons (Fsp3) is 0.250. The lowest BCUT2D eigenvalue weighted by Crippen LogP contribution is -2.35. The van der Waals surface area contributed by atoms with E-state index in [1.54, 1.807) is 53.4 Å². The molecule has 184 valence electrons. The van der Waals surface area contributed by atoms with Crippen LogP contribution in [0.25, 0.3) is 10.8 Å². The van der Waals surface area contributed by atoms with E-state index in [1.165, 1.54) is 0 Å². The minimum absolute atomic E-state index is 0.0240. The Balaban J connectivity index is 1.55. The second kappa shape index (κ2) is 9.95. The summed E-state index contributed by atoms with van der Waals surface area (Å²) in [7, 11) is -3.02. The highest BCUT2D eigenvalue weighted by molar-refractivity contribution is 7.53. The highest BCUT2D eigenvalue weighted by Crippen LogP contribution is 2.56. The van der Waals surface area contributed by atoms with Crippen molar-refractivity contribution in [2.24, 2.45) is 11.5 Å². The first kappa shape index (κ1) is 24.5. The Hall–Kier alpha value is -3.59. The van der Waals surface area contributed by atoms with E-state index in [0.29, 0.717) is 35.7 Å². The van der Waals surface area contributed by atoms with Crippen LogP contribution >= 0.6 is 7.60 Å². The quantitative estimate of drug-likeness (QED) is 0.179. The predicted octanol–water partition coefficient (Wildman–Crippen LogP) is 3.38. The van der Waals surface area contributed by atoms with Gasteiger partial charge in [-0.1, -0.05) is 30.3 Å². The number of ether oxygens (including phenoxy) is 2. The summed E-state index contributed by atoms with van der Waals surface area (Å²) in [6.07, 6.45) is 0.646. The Labute approximate surface area is 202 Å². The van der Waals surface area contributed by atoms with E-state index in [1.807, 2.05) is 12.1 Å². The molecule has 0 saturated carbocycles. The van der Waals surface area contributed by atoms with Gasteiger partial charge in [-0.05, 0) is 41.1 Å². The molecule has 1 heterocycles. The molecule has 0 aromatic heterocycles. The fourth-order valence-corrected chi connectivity index (χ4v) is 4.96. The van der Waals surface area contributed by atoms with Crippen molar-refractivity contribution in [2.75, 3.05) is 20.2 Å². The van der Waals surface area contributed by atoms with Crippen LogP contribution < -0.4 is 20.9 Å². The SMILES string of the molecule is COP(=O)(O)C(Oc1ccc2ccc(C(=N)N)cc2c1)c1ccc(OC2CCN(C(=N)N)C2)cc1. The van der Waals surface area contributed by atoms with Crippen LogP contribution in [-0.4, -0.2) is 47.9 Å². The second-order valence-corrected chi connectivity index (χ2v) is 10.2. The molecule has 0 bridgehead atoms. The van der Waals surface area contributed by atoms with Gasteiger partial charge >= 0.3 is 7.60 Å². The standard InChI is InChI=1S/C24H28N5O5P/c1-32-35(30,31)23(34-20-9-4-15-2-3-17(22(25)26)12-18(15)13-20)16-5-7-19(8-6-16)33-21-10-11-29(14-21)24(27)28/h2-9,12-13,21,23H,10-11,14H2,1H3,(H3,25,26)(H3,27,28)(H,30,31). The molecule has 3 aromatic rings. The van der Waals surface area contributed by atoms with E-state index in [0.717, 1.165) is 24.3 Å². The van der Waals surface area contributed by atoms with Crippen LogP contribution in [0.3, 0.4) is 0 Å². The number of nitrogens with one attached hydrogen (secondary N) is 2. The maximum absolute atomic E-state index is 12.9. The summed E-state index contributed by atoms with van der Waals surface area (Å²) < 4.78 is 29.7. The van der Waals surface area contributed by atoms with E-state index in [4.69, 9.17) is 36.3 Å². The van der Waals surface area contributed by atoms with Gasteiger partial charge < -0.3 is 35.3 Å². The molecule has 35 heavy (non-hydrogen) atoms. The molecule has 4 rings (SSSR count). The van der Waals surface area contributed by atoms with Gasteiger partial charge in [0.25, 0.3) is 0 Å². The zero-order chi connectivity index (χ0) is 25.2. The number of nitrogens with two attached hydrogens (primary N) is 2.